The summed E-state index contributed by atoms with van der Waals surface area (Å²) in [4.78, 5) is 0.505. The summed E-state index contributed by atoms with van der Waals surface area (Å²) in [6, 6.07) is 3.04. The van der Waals surface area contributed by atoms with Crippen LogP contribution in [0, 0.1) is 5.21 Å². The van der Waals surface area contributed by atoms with Crippen molar-refractivity contribution in [2.45, 2.75) is 0 Å². The Morgan fingerprint density at radius 2 is 1.93 bits per heavy atom. The van der Waals surface area contributed by atoms with Crippen LogP contribution in [-0.2, 0) is 0 Å². The third-order valence-electron chi connectivity index (χ3n) is 1.73. The molecule has 0 saturated carbocycles. The van der Waals surface area contributed by atoms with Crippen LogP contribution in [0.3, 0.4) is 0 Å². The molecule has 74 valence electrons. The van der Waals surface area contributed by atoms with E-state index in [1.807, 2.05) is 0 Å². The number of halogens is 3. The first-order chi connectivity index (χ1) is 6.58. The molecule has 0 fully saturated rings. The topological polar surface area (TPSA) is 41.3 Å². The number of hydrogen-bond donors (Lipinski definition) is 1. The predicted molar refractivity (Wildman–Crippen MR) is 55.6 cm³/mol. The third kappa shape index (κ3) is 1.56. The fraction of sp³-hybridized carbons (Fsp3) is 0. The van der Waals surface area contributed by atoms with Crippen LogP contribution in [-0.4, -0.2) is 4.53 Å². The number of fused-ring (bicyclic) bond motifs is 1. The van der Waals surface area contributed by atoms with Crippen LogP contribution in [0.15, 0.2) is 12.1 Å². The zero-order valence-corrected chi connectivity index (χ0v) is 8.94. The zero-order valence-electron chi connectivity index (χ0n) is 6.67. The average molecular weight is 252 g/mol. The van der Waals surface area contributed by atoms with E-state index in [1.54, 1.807) is 6.07 Å². The van der Waals surface area contributed by atoms with Gasteiger partial charge in [0, 0.05) is 17.8 Å². The highest BCUT2D eigenvalue weighted by Gasteiger charge is 2.11. The standard InChI is InChI=1S/C7H4Cl3N3O/c8-5-1-4-3-12(10)11-13(14)7(4)2-6(5)9/h1-3,11H. The van der Waals surface area contributed by atoms with Crippen molar-refractivity contribution >= 4 is 41.2 Å². The van der Waals surface area contributed by atoms with Crippen molar-refractivity contribution in [2.24, 2.45) is 0 Å². The first-order valence-corrected chi connectivity index (χ1v) is 4.70. The molecule has 14 heavy (non-hydrogen) atoms. The molecule has 0 atom stereocenters. The second kappa shape index (κ2) is 3.38. The summed E-state index contributed by atoms with van der Waals surface area (Å²) in [5, 5.41) is 13.0. The summed E-state index contributed by atoms with van der Waals surface area (Å²) in [6.07, 6.45) is 1.52. The zero-order chi connectivity index (χ0) is 10.3. The minimum atomic E-state index is 0.324. The van der Waals surface area contributed by atoms with Gasteiger partial charge in [-0.3, -0.25) is 0 Å². The Kier molecular flexibility index (Phi) is 2.34. The van der Waals surface area contributed by atoms with Gasteiger partial charge in [0.15, 0.2) is 0 Å². The van der Waals surface area contributed by atoms with E-state index in [2.05, 4.69) is 5.53 Å². The first kappa shape index (κ1) is 9.71. The van der Waals surface area contributed by atoms with Gasteiger partial charge in [-0.1, -0.05) is 33.6 Å². The number of hydrogen-bond acceptors (Lipinski definition) is 3. The van der Waals surface area contributed by atoms with Gasteiger partial charge < -0.3 is 5.21 Å². The molecule has 0 spiro atoms. The Hall–Kier alpha value is -0.840. The fourth-order valence-corrected chi connectivity index (χ4v) is 1.63. The molecule has 1 aromatic carbocycles. The van der Waals surface area contributed by atoms with Crippen LogP contribution in [0.2, 0.25) is 10.0 Å². The van der Waals surface area contributed by atoms with Gasteiger partial charge in [-0.15, -0.1) is 0 Å². The number of benzene rings is 1. The molecule has 2 rings (SSSR count). The van der Waals surface area contributed by atoms with E-state index in [9.17, 15) is 5.21 Å². The maximum absolute atomic E-state index is 11.3. The van der Waals surface area contributed by atoms with Gasteiger partial charge >= 0.3 is 0 Å². The fourth-order valence-electron chi connectivity index (χ4n) is 1.12. The molecular formula is C7H4Cl3N3O. The molecule has 1 aliphatic heterocycles. The van der Waals surface area contributed by atoms with Crippen LogP contribution in [0.4, 0.5) is 0 Å². The maximum Gasteiger partial charge on any atom is 0.254 e. The molecular weight excluding hydrogens is 248 g/mol. The largest absolute Gasteiger partial charge is 0.594 e. The number of nitrogens with one attached hydrogen (secondary N) is 1. The van der Waals surface area contributed by atoms with E-state index < -0.39 is 0 Å². The molecule has 0 amide bonds. The molecule has 7 heteroatoms. The Labute approximate surface area is 94.2 Å². The van der Waals surface area contributed by atoms with Crippen LogP contribution in [0.1, 0.15) is 0 Å². The molecule has 4 nitrogen and oxygen atoms in total. The monoisotopic (exact) mass is 251 g/mol. The SMILES string of the molecule is [O-][N+]1=c2cc(Cl)c(Cl)cc2=CN(Cl)N1. The third-order valence-corrected chi connectivity index (χ3v) is 2.62. The van der Waals surface area contributed by atoms with Gasteiger partial charge in [-0.2, -0.15) is 4.53 Å². The lowest BCUT2D eigenvalue weighted by Gasteiger charge is -2.14. The smallest absolute Gasteiger partial charge is 0.254 e. The highest BCUT2D eigenvalue weighted by atomic mass is 35.5. The van der Waals surface area contributed by atoms with Crippen molar-refractivity contribution in [3.05, 3.63) is 38.0 Å². The van der Waals surface area contributed by atoms with Crippen LogP contribution in [0.25, 0.3) is 6.20 Å². The number of hydrazine groups is 2. The molecule has 1 heterocycles. The molecule has 0 saturated heterocycles. The minimum absolute atomic E-state index is 0.324. The number of rotatable bonds is 0. The summed E-state index contributed by atoms with van der Waals surface area (Å²) in [5.41, 5.74) is 2.30. The van der Waals surface area contributed by atoms with E-state index >= 15 is 0 Å². The van der Waals surface area contributed by atoms with E-state index in [0.29, 0.717) is 25.5 Å². The lowest BCUT2D eigenvalue weighted by atomic mass is 10.3. The highest BCUT2D eigenvalue weighted by molar-refractivity contribution is 6.41. The van der Waals surface area contributed by atoms with Gasteiger partial charge in [-0.05, 0) is 6.07 Å². The summed E-state index contributed by atoms with van der Waals surface area (Å²) in [6.45, 7) is 0. The molecule has 1 aliphatic rings. The Bertz CT molecular complexity index is 502. The van der Waals surface area contributed by atoms with Crippen molar-refractivity contribution in [1.82, 2.24) is 14.9 Å². The second-order valence-corrected chi connectivity index (χ2v) is 3.84. The van der Waals surface area contributed by atoms with Crippen molar-refractivity contribution in [1.29, 1.82) is 0 Å². The summed E-state index contributed by atoms with van der Waals surface area (Å²) >= 11 is 17.1. The lowest BCUT2D eigenvalue weighted by Crippen LogP contribution is -2.52. The minimum Gasteiger partial charge on any atom is -0.594 e. The maximum atomic E-state index is 11.3. The van der Waals surface area contributed by atoms with Gasteiger partial charge in [-0.25, -0.2) is 0 Å². The van der Waals surface area contributed by atoms with Crippen molar-refractivity contribution in [3.63, 3.8) is 0 Å². The summed E-state index contributed by atoms with van der Waals surface area (Å²) in [7, 11) is 0. The van der Waals surface area contributed by atoms with Gasteiger partial charge in [0.2, 0.25) is 0 Å². The molecule has 1 N–H and O–H groups in total. The summed E-state index contributed by atoms with van der Waals surface area (Å²) in [5.74, 6) is 0. The quantitative estimate of drug-likeness (QED) is 0.418. The molecule has 0 bridgehead atoms. The Balaban J connectivity index is 2.84. The lowest BCUT2D eigenvalue weighted by molar-refractivity contribution is 0.357. The average Bonchev–Trinajstić information content (AvgIpc) is 2.08. The number of nitrogens with zero attached hydrogens (tertiary/aromatic N) is 2. The van der Waals surface area contributed by atoms with E-state index in [0.717, 1.165) is 4.53 Å². The van der Waals surface area contributed by atoms with Crippen molar-refractivity contribution < 1.29 is 0 Å². The van der Waals surface area contributed by atoms with E-state index in [4.69, 9.17) is 35.0 Å². The Morgan fingerprint density at radius 3 is 2.64 bits per heavy atom. The van der Waals surface area contributed by atoms with E-state index in [-0.39, 0.29) is 0 Å². The molecule has 1 aromatic rings. The first-order valence-electron chi connectivity index (χ1n) is 3.60. The van der Waals surface area contributed by atoms with Crippen LogP contribution < -0.4 is 21.0 Å². The second-order valence-electron chi connectivity index (χ2n) is 2.66. The molecule has 0 unspecified atom stereocenters. The van der Waals surface area contributed by atoms with Crippen molar-refractivity contribution in [2.75, 3.05) is 0 Å². The Morgan fingerprint density at radius 1 is 1.29 bits per heavy atom. The van der Waals surface area contributed by atoms with Gasteiger partial charge in [0.1, 0.15) is 0 Å². The molecule has 0 radical (unpaired) electrons. The van der Waals surface area contributed by atoms with Gasteiger partial charge in [0.05, 0.1) is 21.5 Å². The predicted octanol–water partition coefficient (Wildman–Crippen LogP) is 0.609. The molecule has 0 aliphatic carbocycles. The van der Waals surface area contributed by atoms with Crippen molar-refractivity contribution in [3.8, 4) is 0 Å². The molecule has 0 aromatic heterocycles. The highest BCUT2D eigenvalue weighted by Crippen LogP contribution is 2.16. The van der Waals surface area contributed by atoms with E-state index in [1.165, 1.54) is 12.3 Å². The van der Waals surface area contributed by atoms with Crippen LogP contribution >= 0.6 is 35.0 Å². The van der Waals surface area contributed by atoms with Gasteiger partial charge in [0.25, 0.3) is 5.36 Å². The normalized spacial score (nSPS) is 14.5. The van der Waals surface area contributed by atoms with Crippen LogP contribution in [0.5, 0.6) is 0 Å². The summed E-state index contributed by atoms with van der Waals surface area (Å²) < 4.78 is 1.01.